The number of nitriles is 1. The van der Waals surface area contributed by atoms with E-state index in [1.165, 1.54) is 12.3 Å². The van der Waals surface area contributed by atoms with Crippen LogP contribution in [0.15, 0.2) is 47.6 Å². The maximum Gasteiger partial charge on any atom is 0.311 e. The molecule has 0 heterocycles. The lowest BCUT2D eigenvalue weighted by atomic mass is 10.2. The number of carbonyl (C=O) groups excluding carboxylic acids is 1. The van der Waals surface area contributed by atoms with Crippen molar-refractivity contribution in [1.82, 2.24) is 5.43 Å². The van der Waals surface area contributed by atoms with Gasteiger partial charge < -0.3 is 9.84 Å². The topological polar surface area (TPSA) is 138 Å². The van der Waals surface area contributed by atoms with Gasteiger partial charge in [-0.2, -0.15) is 10.4 Å². The van der Waals surface area contributed by atoms with E-state index in [9.17, 15) is 20.0 Å². The smallest absolute Gasteiger partial charge is 0.311 e. The van der Waals surface area contributed by atoms with Gasteiger partial charge >= 0.3 is 5.69 Å². The lowest BCUT2D eigenvalue weighted by molar-refractivity contribution is -0.385. The fourth-order valence-corrected chi connectivity index (χ4v) is 1.81. The molecule has 0 spiro atoms. The fourth-order valence-electron chi connectivity index (χ4n) is 1.81. The normalized spacial score (nSPS) is 10.2. The molecule has 0 radical (unpaired) electrons. The van der Waals surface area contributed by atoms with E-state index in [1.807, 2.05) is 6.07 Å². The maximum absolute atomic E-state index is 11.7. The van der Waals surface area contributed by atoms with Crippen LogP contribution in [0.4, 0.5) is 5.69 Å². The zero-order valence-electron chi connectivity index (χ0n) is 12.7. The second kappa shape index (κ2) is 8.07. The number of nitro groups is 1. The highest BCUT2D eigenvalue weighted by molar-refractivity contribution is 5.84. The predicted molar refractivity (Wildman–Crippen MR) is 87.1 cm³/mol. The molecular weight excluding hydrogens is 328 g/mol. The van der Waals surface area contributed by atoms with Gasteiger partial charge in [0, 0.05) is 11.6 Å². The number of aromatic hydroxyl groups is 1. The number of nitro benzene ring substituents is 1. The van der Waals surface area contributed by atoms with Crippen LogP contribution in [0.25, 0.3) is 0 Å². The number of rotatable bonds is 6. The first-order chi connectivity index (χ1) is 12.0. The van der Waals surface area contributed by atoms with Gasteiger partial charge in [-0.15, -0.1) is 0 Å². The van der Waals surface area contributed by atoms with E-state index >= 15 is 0 Å². The Balaban J connectivity index is 1.92. The summed E-state index contributed by atoms with van der Waals surface area (Å²) in [5, 5.41) is 32.6. The van der Waals surface area contributed by atoms with Crippen LogP contribution in [-0.2, 0) is 4.79 Å². The van der Waals surface area contributed by atoms with E-state index in [-0.39, 0.29) is 12.4 Å². The van der Waals surface area contributed by atoms with Crippen LogP contribution >= 0.6 is 0 Å². The molecule has 0 atom stereocenters. The molecule has 0 aliphatic rings. The molecule has 25 heavy (non-hydrogen) atoms. The first-order valence-corrected chi connectivity index (χ1v) is 6.92. The summed E-state index contributed by atoms with van der Waals surface area (Å²) in [5.41, 5.74) is 2.35. The summed E-state index contributed by atoms with van der Waals surface area (Å²) in [5.74, 6) is -0.758. The summed E-state index contributed by atoms with van der Waals surface area (Å²) >= 11 is 0. The van der Waals surface area contributed by atoms with Crippen LogP contribution in [0.5, 0.6) is 11.5 Å². The van der Waals surface area contributed by atoms with Gasteiger partial charge in [0.2, 0.25) is 0 Å². The number of hydrogen-bond donors (Lipinski definition) is 2. The fraction of sp³-hybridized carbons (Fsp3) is 0.0625. The Labute approximate surface area is 141 Å². The third-order valence-corrected chi connectivity index (χ3v) is 2.97. The van der Waals surface area contributed by atoms with E-state index in [2.05, 4.69) is 10.5 Å². The zero-order valence-corrected chi connectivity index (χ0v) is 12.7. The molecule has 2 aromatic rings. The van der Waals surface area contributed by atoms with Crippen molar-refractivity contribution < 1.29 is 19.6 Å². The molecule has 0 bridgehead atoms. The Kier molecular flexibility index (Phi) is 5.63. The van der Waals surface area contributed by atoms with Crippen molar-refractivity contribution in [1.29, 1.82) is 5.26 Å². The molecule has 0 saturated carbocycles. The highest BCUT2D eigenvalue weighted by Crippen LogP contribution is 2.25. The Morgan fingerprint density at radius 3 is 2.88 bits per heavy atom. The van der Waals surface area contributed by atoms with Gasteiger partial charge in [0.1, 0.15) is 11.8 Å². The van der Waals surface area contributed by atoms with Crippen LogP contribution in [0, 0.1) is 21.4 Å². The van der Waals surface area contributed by atoms with Gasteiger partial charge in [-0.3, -0.25) is 14.9 Å². The van der Waals surface area contributed by atoms with Gasteiger partial charge in [0.15, 0.2) is 12.4 Å². The Morgan fingerprint density at radius 2 is 2.16 bits per heavy atom. The highest BCUT2D eigenvalue weighted by Gasteiger charge is 2.12. The van der Waals surface area contributed by atoms with Gasteiger partial charge in [-0.05, 0) is 24.3 Å². The molecule has 2 N–H and O–H groups in total. The number of ether oxygens (including phenoxy) is 1. The van der Waals surface area contributed by atoms with Crippen LogP contribution in [0.2, 0.25) is 0 Å². The first-order valence-electron chi connectivity index (χ1n) is 6.92. The molecule has 9 heteroatoms. The summed E-state index contributed by atoms with van der Waals surface area (Å²) in [7, 11) is 0. The van der Waals surface area contributed by atoms with Crippen molar-refractivity contribution >= 4 is 17.8 Å². The SMILES string of the molecule is N#Cc1ccccc1OCC(=O)N/N=C/c1ccc(O)c([N+](=O)[O-])c1. The number of phenols is 1. The minimum Gasteiger partial charge on any atom is -0.502 e. The third kappa shape index (κ3) is 4.77. The van der Waals surface area contributed by atoms with Gasteiger partial charge in [0.25, 0.3) is 5.91 Å². The number of hydrazone groups is 1. The molecule has 0 unspecified atom stereocenters. The minimum atomic E-state index is -0.730. The second-order valence-corrected chi connectivity index (χ2v) is 4.70. The van der Waals surface area contributed by atoms with E-state index in [0.717, 1.165) is 12.1 Å². The monoisotopic (exact) mass is 340 g/mol. The summed E-state index contributed by atoms with van der Waals surface area (Å²) < 4.78 is 5.23. The van der Waals surface area contributed by atoms with Gasteiger partial charge in [-0.25, -0.2) is 5.43 Å². The molecule has 1 amide bonds. The summed E-state index contributed by atoms with van der Waals surface area (Å²) in [4.78, 5) is 21.6. The molecule has 126 valence electrons. The number of nitrogens with zero attached hydrogens (tertiary/aromatic N) is 3. The van der Waals surface area contributed by atoms with E-state index < -0.39 is 22.3 Å². The molecule has 2 rings (SSSR count). The van der Waals surface area contributed by atoms with Crippen LogP contribution in [-0.4, -0.2) is 28.8 Å². The average molecular weight is 340 g/mol. The lowest BCUT2D eigenvalue weighted by Gasteiger charge is -2.06. The van der Waals surface area contributed by atoms with E-state index in [4.69, 9.17) is 10.00 Å². The molecule has 0 aliphatic carbocycles. The Morgan fingerprint density at radius 1 is 1.40 bits per heavy atom. The zero-order chi connectivity index (χ0) is 18.2. The first kappa shape index (κ1) is 17.4. The van der Waals surface area contributed by atoms with Crippen LogP contribution in [0.1, 0.15) is 11.1 Å². The van der Waals surface area contributed by atoms with E-state index in [0.29, 0.717) is 11.1 Å². The highest BCUT2D eigenvalue weighted by atomic mass is 16.6. The number of amides is 1. The van der Waals surface area contributed by atoms with Crippen LogP contribution < -0.4 is 10.2 Å². The average Bonchev–Trinajstić information content (AvgIpc) is 2.61. The van der Waals surface area contributed by atoms with Crippen molar-refractivity contribution in [2.24, 2.45) is 5.10 Å². The molecule has 0 aliphatic heterocycles. The largest absolute Gasteiger partial charge is 0.502 e. The Hall–Kier alpha value is -3.93. The molecule has 9 nitrogen and oxygen atoms in total. The minimum absolute atomic E-state index is 0.276. The quantitative estimate of drug-likeness (QED) is 0.466. The molecular formula is C16H12N4O5. The molecule has 0 fully saturated rings. The van der Waals surface area contributed by atoms with E-state index in [1.54, 1.807) is 24.3 Å². The standard InChI is InChI=1S/C16H12N4O5/c17-8-12-3-1-2-4-15(12)25-10-16(22)19-18-9-11-5-6-14(21)13(7-11)20(23)24/h1-7,9,21H,10H2,(H,19,22)/b18-9+. The predicted octanol–water partition coefficient (Wildman–Crippen LogP) is 1.70. The molecule has 0 aromatic heterocycles. The summed E-state index contributed by atoms with van der Waals surface area (Å²) in [6, 6.07) is 12.1. The number of nitrogens with one attached hydrogen (secondary N) is 1. The number of phenolic OH excluding ortho intramolecular Hbond substituents is 1. The van der Waals surface area contributed by atoms with Gasteiger partial charge in [0.05, 0.1) is 16.7 Å². The third-order valence-electron chi connectivity index (χ3n) is 2.97. The van der Waals surface area contributed by atoms with Crippen LogP contribution in [0.3, 0.4) is 0 Å². The van der Waals surface area contributed by atoms with Crippen molar-refractivity contribution in [2.45, 2.75) is 0 Å². The van der Waals surface area contributed by atoms with Crippen molar-refractivity contribution in [3.63, 3.8) is 0 Å². The van der Waals surface area contributed by atoms with Crippen molar-refractivity contribution in [3.05, 3.63) is 63.7 Å². The number of para-hydroxylation sites is 1. The number of hydrogen-bond acceptors (Lipinski definition) is 7. The summed E-state index contributed by atoms with van der Waals surface area (Å²) in [6.07, 6.45) is 1.19. The molecule has 0 saturated heterocycles. The van der Waals surface area contributed by atoms with Crippen molar-refractivity contribution in [3.8, 4) is 17.6 Å². The number of benzene rings is 2. The van der Waals surface area contributed by atoms with Gasteiger partial charge in [-0.1, -0.05) is 12.1 Å². The Bertz CT molecular complexity index is 873. The lowest BCUT2D eigenvalue weighted by Crippen LogP contribution is -2.24. The molecule has 2 aromatic carbocycles. The number of carbonyl (C=O) groups is 1. The van der Waals surface area contributed by atoms with Crippen molar-refractivity contribution in [2.75, 3.05) is 6.61 Å². The second-order valence-electron chi connectivity index (χ2n) is 4.70. The summed E-state index contributed by atoms with van der Waals surface area (Å²) in [6.45, 7) is -0.355. The maximum atomic E-state index is 11.7.